The molecule has 136 valence electrons. The zero-order chi connectivity index (χ0) is 18.2. The second-order valence-corrected chi connectivity index (χ2v) is 6.39. The van der Waals surface area contributed by atoms with E-state index in [9.17, 15) is 19.5 Å². The fourth-order valence-corrected chi connectivity index (χ4v) is 3.06. The zero-order valence-electron chi connectivity index (χ0n) is 14.5. The number of carbonyl (C=O) groups is 3. The Morgan fingerprint density at radius 3 is 2.36 bits per heavy atom. The first-order valence-corrected chi connectivity index (χ1v) is 8.83. The molecule has 0 heterocycles. The molecule has 6 heteroatoms. The maximum absolute atomic E-state index is 12.4. The summed E-state index contributed by atoms with van der Waals surface area (Å²) in [5, 5.41) is 12.0. The van der Waals surface area contributed by atoms with E-state index in [0.717, 1.165) is 25.7 Å². The number of anilines is 1. The summed E-state index contributed by atoms with van der Waals surface area (Å²) < 4.78 is 5.13. The number of esters is 1. The quantitative estimate of drug-likeness (QED) is 0.582. The zero-order valence-corrected chi connectivity index (χ0v) is 14.5. The highest BCUT2D eigenvalue weighted by Crippen LogP contribution is 2.31. The number of hydrogen-bond acceptors (Lipinski definition) is 4. The van der Waals surface area contributed by atoms with Crippen molar-refractivity contribution in [2.45, 2.75) is 45.4 Å². The molecule has 1 fully saturated rings. The molecule has 0 radical (unpaired) electrons. The van der Waals surface area contributed by atoms with Crippen LogP contribution in [-0.2, 0) is 14.3 Å². The van der Waals surface area contributed by atoms with Crippen LogP contribution < -0.4 is 5.32 Å². The van der Waals surface area contributed by atoms with Gasteiger partial charge in [0.2, 0.25) is 5.91 Å². The molecule has 25 heavy (non-hydrogen) atoms. The third-order valence-electron chi connectivity index (χ3n) is 4.54. The van der Waals surface area contributed by atoms with Crippen molar-refractivity contribution in [2.75, 3.05) is 11.9 Å². The summed E-state index contributed by atoms with van der Waals surface area (Å²) in [5.74, 6) is -2.70. The molecular formula is C19H25NO5. The summed E-state index contributed by atoms with van der Waals surface area (Å²) in [6.07, 6.45) is 4.61. The van der Waals surface area contributed by atoms with E-state index >= 15 is 0 Å². The molecule has 2 atom stereocenters. The van der Waals surface area contributed by atoms with Gasteiger partial charge in [0.1, 0.15) is 0 Å². The smallest absolute Gasteiger partial charge is 0.338 e. The van der Waals surface area contributed by atoms with Crippen molar-refractivity contribution >= 4 is 23.5 Å². The number of carboxylic acid groups (broad SMARTS) is 1. The lowest BCUT2D eigenvalue weighted by Crippen LogP contribution is -2.36. The number of carboxylic acids is 1. The van der Waals surface area contributed by atoms with Gasteiger partial charge in [-0.15, -0.1) is 0 Å². The minimum atomic E-state index is -0.912. The van der Waals surface area contributed by atoms with Gasteiger partial charge in [-0.3, -0.25) is 9.59 Å². The van der Waals surface area contributed by atoms with Gasteiger partial charge in [-0.25, -0.2) is 4.79 Å². The van der Waals surface area contributed by atoms with E-state index in [0.29, 0.717) is 30.7 Å². The number of hydrogen-bond donors (Lipinski definition) is 2. The Bertz CT molecular complexity index is 611. The normalized spacial score (nSPS) is 19.9. The van der Waals surface area contributed by atoms with E-state index in [-0.39, 0.29) is 11.9 Å². The van der Waals surface area contributed by atoms with Crippen LogP contribution in [-0.4, -0.2) is 29.6 Å². The topological polar surface area (TPSA) is 92.7 Å². The van der Waals surface area contributed by atoms with Gasteiger partial charge in [0.25, 0.3) is 0 Å². The lowest BCUT2D eigenvalue weighted by molar-refractivity contribution is -0.147. The molecule has 0 unspecified atom stereocenters. The Morgan fingerprint density at radius 1 is 1.12 bits per heavy atom. The fraction of sp³-hybridized carbons (Fsp3) is 0.526. The van der Waals surface area contributed by atoms with Gasteiger partial charge in [-0.1, -0.05) is 26.2 Å². The van der Waals surface area contributed by atoms with Crippen LogP contribution in [0.2, 0.25) is 0 Å². The highest BCUT2D eigenvalue weighted by Gasteiger charge is 2.35. The SMILES string of the molecule is CCCCOC(=O)c1ccc(NC(=O)[C@@H]2CCCC[C@@H]2C(=O)O)cc1. The molecule has 0 saturated heterocycles. The molecule has 2 rings (SSSR count). The van der Waals surface area contributed by atoms with Crippen LogP contribution in [0.15, 0.2) is 24.3 Å². The van der Waals surface area contributed by atoms with Crippen molar-refractivity contribution in [1.29, 1.82) is 0 Å². The largest absolute Gasteiger partial charge is 0.481 e. The van der Waals surface area contributed by atoms with Crippen LogP contribution in [0.1, 0.15) is 55.8 Å². The van der Waals surface area contributed by atoms with E-state index in [1.54, 1.807) is 24.3 Å². The molecule has 1 saturated carbocycles. The summed E-state index contributed by atoms with van der Waals surface area (Å²) in [7, 11) is 0. The van der Waals surface area contributed by atoms with Gasteiger partial charge in [0, 0.05) is 5.69 Å². The molecule has 1 aromatic rings. The van der Waals surface area contributed by atoms with Crippen LogP contribution in [0.4, 0.5) is 5.69 Å². The molecule has 1 aromatic carbocycles. The third-order valence-corrected chi connectivity index (χ3v) is 4.54. The minimum absolute atomic E-state index is 0.273. The van der Waals surface area contributed by atoms with Crippen LogP contribution in [0.3, 0.4) is 0 Å². The molecule has 0 spiro atoms. The number of amides is 1. The lowest BCUT2D eigenvalue weighted by Gasteiger charge is -2.27. The van der Waals surface area contributed by atoms with Gasteiger partial charge in [-0.05, 0) is 43.5 Å². The Kier molecular flexibility index (Phi) is 6.98. The van der Waals surface area contributed by atoms with Gasteiger partial charge < -0.3 is 15.2 Å². The molecule has 2 N–H and O–H groups in total. The number of ether oxygens (including phenoxy) is 1. The number of rotatable bonds is 7. The second kappa shape index (κ2) is 9.20. The summed E-state index contributed by atoms with van der Waals surface area (Å²) in [5.41, 5.74) is 0.972. The van der Waals surface area contributed by atoms with Crippen molar-refractivity contribution in [3.63, 3.8) is 0 Å². The Morgan fingerprint density at radius 2 is 1.76 bits per heavy atom. The first-order chi connectivity index (χ1) is 12.0. The van der Waals surface area contributed by atoms with Gasteiger partial charge in [0.15, 0.2) is 0 Å². The van der Waals surface area contributed by atoms with E-state index in [4.69, 9.17) is 4.74 Å². The van der Waals surface area contributed by atoms with Gasteiger partial charge >= 0.3 is 11.9 Å². The van der Waals surface area contributed by atoms with Crippen molar-refractivity contribution < 1.29 is 24.2 Å². The van der Waals surface area contributed by atoms with Gasteiger partial charge in [-0.2, -0.15) is 0 Å². The molecule has 6 nitrogen and oxygen atoms in total. The summed E-state index contributed by atoms with van der Waals surface area (Å²) in [4.78, 5) is 35.6. The molecule has 1 aliphatic rings. The molecule has 0 aliphatic heterocycles. The maximum Gasteiger partial charge on any atom is 0.338 e. The van der Waals surface area contributed by atoms with Crippen LogP contribution in [0.5, 0.6) is 0 Å². The maximum atomic E-state index is 12.4. The molecular weight excluding hydrogens is 322 g/mol. The number of nitrogens with one attached hydrogen (secondary N) is 1. The average Bonchev–Trinajstić information content (AvgIpc) is 2.62. The molecule has 0 bridgehead atoms. The van der Waals surface area contributed by atoms with Crippen LogP contribution in [0.25, 0.3) is 0 Å². The summed E-state index contributed by atoms with van der Waals surface area (Å²) in [6, 6.07) is 6.46. The van der Waals surface area contributed by atoms with E-state index < -0.39 is 17.8 Å². The molecule has 1 aliphatic carbocycles. The van der Waals surface area contributed by atoms with Crippen LogP contribution >= 0.6 is 0 Å². The minimum Gasteiger partial charge on any atom is -0.481 e. The highest BCUT2D eigenvalue weighted by atomic mass is 16.5. The fourth-order valence-electron chi connectivity index (χ4n) is 3.06. The third kappa shape index (κ3) is 5.31. The lowest BCUT2D eigenvalue weighted by atomic mass is 9.78. The predicted octanol–water partition coefficient (Wildman–Crippen LogP) is 3.47. The number of carbonyl (C=O) groups excluding carboxylic acids is 2. The number of unbranched alkanes of at least 4 members (excludes halogenated alkanes) is 1. The van der Waals surface area contributed by atoms with E-state index in [2.05, 4.69) is 5.32 Å². The molecule has 0 aromatic heterocycles. The highest BCUT2D eigenvalue weighted by molar-refractivity contribution is 5.96. The first-order valence-electron chi connectivity index (χ1n) is 8.83. The number of aliphatic carboxylic acids is 1. The number of benzene rings is 1. The Hall–Kier alpha value is -2.37. The van der Waals surface area contributed by atoms with E-state index in [1.807, 2.05) is 6.92 Å². The van der Waals surface area contributed by atoms with Crippen molar-refractivity contribution in [2.24, 2.45) is 11.8 Å². The standard InChI is InChI=1S/C19H25NO5/c1-2-3-12-25-19(24)13-8-10-14(11-9-13)20-17(21)15-6-4-5-7-16(15)18(22)23/h8-11,15-16H,2-7,12H2,1H3,(H,20,21)(H,22,23)/t15-,16+/m1/s1. The van der Waals surface area contributed by atoms with Crippen LogP contribution in [0, 0.1) is 11.8 Å². The average molecular weight is 347 g/mol. The van der Waals surface area contributed by atoms with Crippen molar-refractivity contribution in [3.05, 3.63) is 29.8 Å². The second-order valence-electron chi connectivity index (χ2n) is 6.39. The predicted molar refractivity (Wildman–Crippen MR) is 93.3 cm³/mol. The Balaban J connectivity index is 1.94. The monoisotopic (exact) mass is 347 g/mol. The summed E-state index contributed by atoms with van der Waals surface area (Å²) in [6.45, 7) is 2.42. The van der Waals surface area contributed by atoms with Gasteiger partial charge in [0.05, 0.1) is 24.0 Å². The summed E-state index contributed by atoms with van der Waals surface area (Å²) >= 11 is 0. The van der Waals surface area contributed by atoms with Crippen molar-refractivity contribution in [1.82, 2.24) is 0 Å². The van der Waals surface area contributed by atoms with Crippen molar-refractivity contribution in [3.8, 4) is 0 Å². The first kappa shape index (κ1) is 19.0. The van der Waals surface area contributed by atoms with E-state index in [1.165, 1.54) is 0 Å². The Labute approximate surface area is 147 Å². The molecule has 1 amide bonds.